The van der Waals surface area contributed by atoms with Crippen molar-refractivity contribution in [2.75, 3.05) is 0 Å². The van der Waals surface area contributed by atoms with Gasteiger partial charge in [0.15, 0.2) is 0 Å². The maximum absolute atomic E-state index is 4.81. The summed E-state index contributed by atoms with van der Waals surface area (Å²) in [4.78, 5) is 0.905. The van der Waals surface area contributed by atoms with E-state index in [2.05, 4.69) is 91.0 Å². The van der Waals surface area contributed by atoms with Gasteiger partial charge in [-0.3, -0.25) is 0 Å². The van der Waals surface area contributed by atoms with Crippen molar-refractivity contribution in [3.05, 3.63) is 121 Å². The quantitative estimate of drug-likeness (QED) is 0.278. The molecule has 0 saturated heterocycles. The van der Waals surface area contributed by atoms with Crippen LogP contribution in [-0.4, -0.2) is 22.7 Å². The van der Waals surface area contributed by atoms with E-state index in [0.717, 1.165) is 4.90 Å². The minimum absolute atomic E-state index is 0.905. The standard InChI is InChI=1S/C6H6S.3C6H5.Pb/c7-6-4-2-1-3-5-6;3*1-2-4-6-5-3-1;/h1-5,7H;3*1-5H;/p-1. The van der Waals surface area contributed by atoms with Crippen LogP contribution in [0.5, 0.6) is 0 Å². The van der Waals surface area contributed by atoms with E-state index in [1.165, 1.54) is 0 Å². The van der Waals surface area contributed by atoms with E-state index in [1.54, 1.807) is 9.37 Å². The van der Waals surface area contributed by atoms with Gasteiger partial charge < -0.3 is 12.6 Å². The molecule has 0 amide bonds. The maximum atomic E-state index is 4.81. The third-order valence-corrected chi connectivity index (χ3v) is 14.8. The summed E-state index contributed by atoms with van der Waals surface area (Å²) < 4.78 is 4.64. The van der Waals surface area contributed by atoms with Crippen molar-refractivity contribution >= 4 is 44.7 Å². The molecule has 4 aromatic carbocycles. The van der Waals surface area contributed by atoms with Gasteiger partial charge in [-0.25, -0.2) is 0 Å². The Bertz CT molecular complexity index is 784. The second-order valence-electron chi connectivity index (χ2n) is 5.79. The summed E-state index contributed by atoms with van der Waals surface area (Å²) in [6, 6.07) is 42.6. The molecule has 0 unspecified atom stereocenters. The molecule has 2 heteroatoms. The Morgan fingerprint density at radius 1 is 0.385 bits per heavy atom. The van der Waals surface area contributed by atoms with E-state index in [-0.39, 0.29) is 0 Å². The van der Waals surface area contributed by atoms with Crippen LogP contribution < -0.4 is 9.37 Å². The van der Waals surface area contributed by atoms with Gasteiger partial charge in [0, 0.05) is 0 Å². The molecule has 4 aromatic rings. The van der Waals surface area contributed by atoms with Crippen LogP contribution in [0.3, 0.4) is 0 Å². The van der Waals surface area contributed by atoms with Crippen molar-refractivity contribution in [2.24, 2.45) is 0 Å². The fourth-order valence-corrected chi connectivity index (χ4v) is 12.9. The van der Waals surface area contributed by atoms with Crippen LogP contribution in [0.15, 0.2) is 126 Å². The molecule has 0 aliphatic carbocycles. The van der Waals surface area contributed by atoms with E-state index in [9.17, 15) is 0 Å². The van der Waals surface area contributed by atoms with E-state index < -0.39 is 22.7 Å². The molecule has 0 aliphatic heterocycles. The van der Waals surface area contributed by atoms with Crippen LogP contribution in [0, 0.1) is 0 Å². The molecular formula is C24H20PbS-. The molecule has 0 saturated carbocycles. The van der Waals surface area contributed by atoms with Crippen LogP contribution in [-0.2, 0) is 12.6 Å². The molecule has 127 valence electrons. The molecule has 0 bridgehead atoms. The Hall–Kier alpha value is -1.98. The topological polar surface area (TPSA) is 0 Å². The number of hydrogen-bond donors (Lipinski definition) is 0. The van der Waals surface area contributed by atoms with Crippen LogP contribution in [0.2, 0.25) is 0 Å². The van der Waals surface area contributed by atoms with Gasteiger partial charge in [0.25, 0.3) is 0 Å². The molecule has 0 aliphatic rings. The van der Waals surface area contributed by atoms with E-state index in [4.69, 9.17) is 12.6 Å². The molecule has 0 spiro atoms. The van der Waals surface area contributed by atoms with Crippen molar-refractivity contribution in [2.45, 2.75) is 4.90 Å². The fourth-order valence-electron chi connectivity index (χ4n) is 2.73. The zero-order chi connectivity index (χ0) is 18.0. The van der Waals surface area contributed by atoms with E-state index >= 15 is 0 Å². The molecule has 0 aromatic heterocycles. The molecule has 0 heterocycles. The SMILES string of the molecule is [S-]c1ccccc1.c1cc[c]([Pb]([c]2ccccc2)[c]2ccccc2)cc1. The molecular weight excluding hydrogens is 528 g/mol. The van der Waals surface area contributed by atoms with Gasteiger partial charge in [0.1, 0.15) is 0 Å². The summed E-state index contributed by atoms with van der Waals surface area (Å²) in [5, 5.41) is 0. The molecule has 0 N–H and O–H groups in total. The first-order valence-corrected chi connectivity index (χ1v) is 14.8. The zero-order valence-electron chi connectivity index (χ0n) is 14.5. The van der Waals surface area contributed by atoms with E-state index in [0.29, 0.717) is 0 Å². The van der Waals surface area contributed by atoms with E-state index in [1.807, 2.05) is 30.3 Å². The number of hydrogen-bond acceptors (Lipinski definition) is 1. The predicted molar refractivity (Wildman–Crippen MR) is 116 cm³/mol. The van der Waals surface area contributed by atoms with Gasteiger partial charge in [-0.05, 0) is 0 Å². The predicted octanol–water partition coefficient (Wildman–Crippen LogP) is 3.80. The molecule has 26 heavy (non-hydrogen) atoms. The van der Waals surface area contributed by atoms with Crippen LogP contribution in [0.25, 0.3) is 0 Å². The Morgan fingerprint density at radius 2 is 0.654 bits per heavy atom. The average Bonchev–Trinajstić information content (AvgIpc) is 2.72. The van der Waals surface area contributed by atoms with Crippen molar-refractivity contribution < 1.29 is 0 Å². The van der Waals surface area contributed by atoms with Crippen molar-refractivity contribution in [1.82, 2.24) is 0 Å². The van der Waals surface area contributed by atoms with Gasteiger partial charge in [-0.2, -0.15) is 4.90 Å². The minimum atomic E-state index is -2.17. The van der Waals surface area contributed by atoms with Crippen LogP contribution >= 0.6 is 0 Å². The van der Waals surface area contributed by atoms with Crippen molar-refractivity contribution in [1.29, 1.82) is 0 Å². The molecule has 1 radical (unpaired) electrons. The summed E-state index contributed by atoms with van der Waals surface area (Å²) in [6.07, 6.45) is 0. The second-order valence-corrected chi connectivity index (χ2v) is 15.9. The summed E-state index contributed by atoms with van der Waals surface area (Å²) in [7, 11) is 0. The Kier molecular flexibility index (Phi) is 7.40. The molecule has 0 fully saturated rings. The first kappa shape index (κ1) is 18.8. The fraction of sp³-hybridized carbons (Fsp3) is 0. The number of rotatable bonds is 3. The Labute approximate surface area is 170 Å². The van der Waals surface area contributed by atoms with Gasteiger partial charge in [-0.15, -0.1) is 0 Å². The first-order valence-electron chi connectivity index (χ1n) is 8.60. The van der Waals surface area contributed by atoms with Crippen molar-refractivity contribution in [3.63, 3.8) is 0 Å². The Balaban J connectivity index is 0.000000236. The van der Waals surface area contributed by atoms with Crippen molar-refractivity contribution in [3.8, 4) is 0 Å². The third-order valence-electron chi connectivity index (χ3n) is 3.93. The first-order chi connectivity index (χ1) is 12.8. The van der Waals surface area contributed by atoms with Crippen LogP contribution in [0.1, 0.15) is 0 Å². The third kappa shape index (κ3) is 5.51. The average molecular weight is 548 g/mol. The summed E-state index contributed by atoms with van der Waals surface area (Å²) in [6.45, 7) is 0. The van der Waals surface area contributed by atoms with Gasteiger partial charge in [0.05, 0.1) is 0 Å². The van der Waals surface area contributed by atoms with Crippen LogP contribution in [0.4, 0.5) is 0 Å². The molecule has 0 atom stereocenters. The van der Waals surface area contributed by atoms with Gasteiger partial charge in [0.2, 0.25) is 0 Å². The zero-order valence-corrected chi connectivity index (χ0v) is 19.2. The second kappa shape index (κ2) is 10.2. The Morgan fingerprint density at radius 3 is 0.885 bits per heavy atom. The van der Waals surface area contributed by atoms with Gasteiger partial charge in [-0.1, -0.05) is 30.3 Å². The molecule has 4 rings (SSSR count). The summed E-state index contributed by atoms with van der Waals surface area (Å²) >= 11 is 2.64. The number of benzene rings is 4. The normalized spacial score (nSPS) is 10.0. The summed E-state index contributed by atoms with van der Waals surface area (Å²) in [5.74, 6) is 0. The monoisotopic (exact) mass is 548 g/mol. The summed E-state index contributed by atoms with van der Waals surface area (Å²) in [5.41, 5.74) is 0. The molecule has 0 nitrogen and oxygen atoms in total. The van der Waals surface area contributed by atoms with Gasteiger partial charge >= 0.3 is 123 Å².